The molecule has 1 heterocycles. The Hall–Kier alpha value is -1.93. The summed E-state index contributed by atoms with van der Waals surface area (Å²) in [7, 11) is -3.44. The summed E-state index contributed by atoms with van der Waals surface area (Å²) < 4.78 is 25.7. The summed E-state index contributed by atoms with van der Waals surface area (Å²) in [5, 5.41) is 0. The van der Waals surface area contributed by atoms with E-state index in [9.17, 15) is 18.0 Å². The lowest BCUT2D eigenvalue weighted by molar-refractivity contribution is -0.135. The maximum absolute atomic E-state index is 12.4. The maximum Gasteiger partial charge on any atom is 0.224 e. The number of rotatable bonds is 7. The van der Waals surface area contributed by atoms with Gasteiger partial charge in [-0.2, -0.15) is 4.31 Å². The number of piperazine rings is 1. The summed E-state index contributed by atoms with van der Waals surface area (Å²) in [6, 6.07) is 9.03. The van der Waals surface area contributed by atoms with Crippen molar-refractivity contribution in [1.29, 1.82) is 0 Å². The lowest BCUT2D eigenvalue weighted by atomic mass is 10.1. The Labute approximate surface area is 149 Å². The highest BCUT2D eigenvalue weighted by molar-refractivity contribution is 7.88. The molecule has 0 radical (unpaired) electrons. The van der Waals surface area contributed by atoms with Crippen LogP contribution in [0.1, 0.15) is 24.9 Å². The second-order valence-electron chi connectivity index (χ2n) is 6.23. The molecule has 2 rings (SSSR count). The fraction of sp³-hybridized carbons (Fsp3) is 0.529. The Morgan fingerprint density at radius 2 is 1.80 bits per heavy atom. The van der Waals surface area contributed by atoms with Gasteiger partial charge in [-0.05, 0) is 12.5 Å². The molecule has 1 aliphatic heterocycles. The average Bonchev–Trinajstić information content (AvgIpc) is 2.61. The van der Waals surface area contributed by atoms with Crippen molar-refractivity contribution in [2.24, 2.45) is 0 Å². The molecular formula is C17H25N3O4S. The number of benzene rings is 1. The third-order valence-electron chi connectivity index (χ3n) is 4.50. The molecule has 138 valence electrons. The summed E-state index contributed by atoms with van der Waals surface area (Å²) in [6.45, 7) is 3.98. The summed E-state index contributed by atoms with van der Waals surface area (Å²) >= 11 is 0. The molecule has 1 saturated heterocycles. The zero-order valence-corrected chi connectivity index (χ0v) is 15.5. The van der Waals surface area contributed by atoms with Gasteiger partial charge in [-0.15, -0.1) is 0 Å². The Morgan fingerprint density at radius 3 is 2.32 bits per heavy atom. The van der Waals surface area contributed by atoms with Crippen LogP contribution in [0.5, 0.6) is 0 Å². The van der Waals surface area contributed by atoms with Gasteiger partial charge in [0.05, 0.1) is 6.26 Å². The molecular weight excluding hydrogens is 342 g/mol. The first-order valence-electron chi connectivity index (χ1n) is 8.32. The molecule has 0 aromatic heterocycles. The molecule has 25 heavy (non-hydrogen) atoms. The fourth-order valence-corrected chi connectivity index (χ4v) is 4.10. The van der Waals surface area contributed by atoms with Gasteiger partial charge in [0.2, 0.25) is 22.3 Å². The van der Waals surface area contributed by atoms with Gasteiger partial charge in [-0.3, -0.25) is 9.59 Å². The average molecular weight is 367 g/mol. The minimum Gasteiger partial charge on any atom is -0.342 e. The van der Waals surface area contributed by atoms with Crippen LogP contribution in [-0.4, -0.2) is 73.8 Å². The predicted molar refractivity (Wildman–Crippen MR) is 95.2 cm³/mol. The lowest BCUT2D eigenvalue weighted by Gasteiger charge is -2.33. The van der Waals surface area contributed by atoms with Crippen LogP contribution >= 0.6 is 0 Å². The van der Waals surface area contributed by atoms with Crippen molar-refractivity contribution in [2.45, 2.75) is 19.4 Å². The minimum absolute atomic E-state index is 0.0838. The normalized spacial score (nSPS) is 16.8. The Morgan fingerprint density at radius 1 is 1.20 bits per heavy atom. The van der Waals surface area contributed by atoms with Gasteiger partial charge >= 0.3 is 0 Å². The van der Waals surface area contributed by atoms with E-state index in [1.54, 1.807) is 9.80 Å². The van der Waals surface area contributed by atoms with E-state index in [-0.39, 0.29) is 24.9 Å². The number of amides is 2. The van der Waals surface area contributed by atoms with Crippen molar-refractivity contribution >= 4 is 22.3 Å². The number of sulfonamides is 1. The van der Waals surface area contributed by atoms with E-state index in [1.165, 1.54) is 10.6 Å². The van der Waals surface area contributed by atoms with Gasteiger partial charge in [-0.1, -0.05) is 30.3 Å². The third kappa shape index (κ3) is 5.27. The highest BCUT2D eigenvalue weighted by Crippen LogP contribution is 2.23. The number of hydrogen-bond donors (Lipinski definition) is 0. The van der Waals surface area contributed by atoms with Gasteiger partial charge in [0.1, 0.15) is 0 Å². The number of carbonyl (C=O) groups excluding carboxylic acids is 2. The van der Waals surface area contributed by atoms with Crippen LogP contribution in [0, 0.1) is 0 Å². The molecule has 0 spiro atoms. The van der Waals surface area contributed by atoms with Crippen molar-refractivity contribution in [3.63, 3.8) is 0 Å². The zero-order valence-electron chi connectivity index (χ0n) is 14.7. The topological polar surface area (TPSA) is 78.0 Å². The van der Waals surface area contributed by atoms with Crippen molar-refractivity contribution in [3.8, 4) is 0 Å². The summed E-state index contributed by atoms with van der Waals surface area (Å²) in [6.07, 6.45) is 2.08. The molecule has 0 saturated carbocycles. The van der Waals surface area contributed by atoms with E-state index in [2.05, 4.69) is 0 Å². The first kappa shape index (κ1) is 19.4. The molecule has 8 heteroatoms. The molecule has 1 unspecified atom stereocenters. The van der Waals surface area contributed by atoms with Crippen LogP contribution in [0.25, 0.3) is 0 Å². The number of hydrogen-bond acceptors (Lipinski definition) is 4. The van der Waals surface area contributed by atoms with E-state index in [1.807, 2.05) is 37.3 Å². The summed E-state index contributed by atoms with van der Waals surface area (Å²) in [4.78, 5) is 26.4. The zero-order chi connectivity index (χ0) is 18.4. The smallest absolute Gasteiger partial charge is 0.224 e. The molecule has 1 aliphatic rings. The van der Waals surface area contributed by atoms with Crippen molar-refractivity contribution in [1.82, 2.24) is 14.1 Å². The molecule has 1 aromatic rings. The number of nitrogens with zero attached hydrogens (tertiary/aromatic N) is 3. The van der Waals surface area contributed by atoms with Gasteiger partial charge in [0, 0.05) is 45.2 Å². The standard InChI is InChI=1S/C17H25N3O4S/c1-15(16-6-4-3-5-7-16)20(25(2,23)24)9-8-17(22)19-12-10-18(14-21)11-13-19/h3-7,14-15H,8-13H2,1-2H3. The number of carbonyl (C=O) groups is 2. The second kappa shape index (κ2) is 8.44. The highest BCUT2D eigenvalue weighted by Gasteiger charge is 2.27. The van der Waals surface area contributed by atoms with E-state index in [4.69, 9.17) is 0 Å². The van der Waals surface area contributed by atoms with Gasteiger partial charge in [0.15, 0.2) is 0 Å². The van der Waals surface area contributed by atoms with E-state index < -0.39 is 10.0 Å². The fourth-order valence-electron chi connectivity index (χ4n) is 2.99. The molecule has 2 amide bonds. The quantitative estimate of drug-likeness (QED) is 0.665. The van der Waals surface area contributed by atoms with Crippen LogP contribution in [0.4, 0.5) is 0 Å². The first-order chi connectivity index (χ1) is 11.8. The van der Waals surface area contributed by atoms with E-state index in [0.717, 1.165) is 12.0 Å². The van der Waals surface area contributed by atoms with Crippen molar-refractivity contribution in [2.75, 3.05) is 39.0 Å². The van der Waals surface area contributed by atoms with Crippen LogP contribution in [0.15, 0.2) is 30.3 Å². The maximum atomic E-state index is 12.4. The molecule has 0 N–H and O–H groups in total. The van der Waals surface area contributed by atoms with Crippen molar-refractivity contribution in [3.05, 3.63) is 35.9 Å². The molecule has 0 aliphatic carbocycles. The third-order valence-corrected chi connectivity index (χ3v) is 5.85. The summed E-state index contributed by atoms with van der Waals surface area (Å²) in [5.41, 5.74) is 0.889. The first-order valence-corrected chi connectivity index (χ1v) is 10.2. The minimum atomic E-state index is -3.44. The second-order valence-corrected chi connectivity index (χ2v) is 8.17. The highest BCUT2D eigenvalue weighted by atomic mass is 32.2. The van der Waals surface area contributed by atoms with Crippen LogP contribution in [0.3, 0.4) is 0 Å². The van der Waals surface area contributed by atoms with Crippen LogP contribution in [0.2, 0.25) is 0 Å². The van der Waals surface area contributed by atoms with Crippen molar-refractivity contribution < 1.29 is 18.0 Å². The van der Waals surface area contributed by atoms with Crippen LogP contribution in [-0.2, 0) is 19.6 Å². The lowest BCUT2D eigenvalue weighted by Crippen LogP contribution is -2.48. The Bertz CT molecular complexity index is 685. The van der Waals surface area contributed by atoms with Gasteiger partial charge in [0.25, 0.3) is 0 Å². The predicted octanol–water partition coefficient (Wildman–Crippen LogP) is 0.700. The Kier molecular flexibility index (Phi) is 6.55. The van der Waals surface area contributed by atoms with E-state index >= 15 is 0 Å². The molecule has 1 aromatic carbocycles. The largest absolute Gasteiger partial charge is 0.342 e. The van der Waals surface area contributed by atoms with Crippen LogP contribution < -0.4 is 0 Å². The van der Waals surface area contributed by atoms with E-state index in [0.29, 0.717) is 26.2 Å². The molecule has 1 fully saturated rings. The monoisotopic (exact) mass is 367 g/mol. The Balaban J connectivity index is 1.99. The molecule has 7 nitrogen and oxygen atoms in total. The SMILES string of the molecule is CC(c1ccccc1)N(CCC(=O)N1CCN(C=O)CC1)S(C)(=O)=O. The summed E-state index contributed by atoms with van der Waals surface area (Å²) in [5.74, 6) is -0.0838. The van der Waals surface area contributed by atoms with Gasteiger partial charge in [-0.25, -0.2) is 8.42 Å². The molecule has 1 atom stereocenters. The molecule has 0 bridgehead atoms. The van der Waals surface area contributed by atoms with Gasteiger partial charge < -0.3 is 9.80 Å².